The number of hydrogen-bond acceptors (Lipinski definition) is 3. The third kappa shape index (κ3) is 5.82. The fourth-order valence-corrected chi connectivity index (χ4v) is 1.53. The first-order valence-electron chi connectivity index (χ1n) is 6.17. The van der Waals surface area contributed by atoms with Crippen molar-refractivity contribution in [2.75, 3.05) is 13.2 Å². The van der Waals surface area contributed by atoms with Gasteiger partial charge >= 0.3 is 0 Å². The van der Waals surface area contributed by atoms with Crippen LogP contribution in [-0.2, 0) is 4.74 Å². The number of hydrogen-bond donors (Lipinski definition) is 2. The summed E-state index contributed by atoms with van der Waals surface area (Å²) < 4.78 is 5.35. The van der Waals surface area contributed by atoms with Crippen molar-refractivity contribution in [2.24, 2.45) is 0 Å². The Labute approximate surface area is 104 Å². The Morgan fingerprint density at radius 3 is 2.41 bits per heavy atom. The number of benzene rings is 1. The van der Waals surface area contributed by atoms with Crippen molar-refractivity contribution in [2.45, 2.75) is 39.0 Å². The Kier molecular flexibility index (Phi) is 6.19. The van der Waals surface area contributed by atoms with Crippen LogP contribution in [0, 0.1) is 0 Å². The molecule has 3 heteroatoms. The number of ether oxygens (including phenoxy) is 1. The van der Waals surface area contributed by atoms with E-state index < -0.39 is 6.10 Å². The molecule has 1 rings (SSSR count). The molecule has 0 aliphatic carbocycles. The van der Waals surface area contributed by atoms with Crippen LogP contribution in [0.25, 0.3) is 0 Å². The normalized spacial score (nSPS) is 14.9. The standard InChI is InChI=1S/C14H23NO2/c1-11(2)17-10-14(16)9-15-12(3)13-7-5-4-6-8-13/h4-8,11-12,14-16H,9-10H2,1-3H3. The molecular weight excluding hydrogens is 214 g/mol. The lowest BCUT2D eigenvalue weighted by atomic mass is 10.1. The predicted molar refractivity (Wildman–Crippen MR) is 70.0 cm³/mol. The molecule has 0 radical (unpaired) electrons. The molecular formula is C14H23NO2. The third-order valence-corrected chi connectivity index (χ3v) is 2.58. The van der Waals surface area contributed by atoms with Gasteiger partial charge in [0.2, 0.25) is 0 Å². The maximum Gasteiger partial charge on any atom is 0.0898 e. The molecule has 0 amide bonds. The zero-order valence-corrected chi connectivity index (χ0v) is 10.9. The van der Waals surface area contributed by atoms with E-state index in [0.717, 1.165) is 0 Å². The van der Waals surface area contributed by atoms with Crippen molar-refractivity contribution >= 4 is 0 Å². The minimum absolute atomic E-state index is 0.163. The molecule has 0 heterocycles. The fourth-order valence-electron chi connectivity index (χ4n) is 1.53. The average Bonchev–Trinajstić information content (AvgIpc) is 2.34. The van der Waals surface area contributed by atoms with Crippen molar-refractivity contribution in [1.82, 2.24) is 5.32 Å². The Hall–Kier alpha value is -0.900. The summed E-state index contributed by atoms with van der Waals surface area (Å²) in [5, 5.41) is 13.0. The van der Waals surface area contributed by atoms with Gasteiger partial charge in [0.05, 0.1) is 18.8 Å². The molecule has 0 aliphatic heterocycles. The van der Waals surface area contributed by atoms with E-state index in [1.807, 2.05) is 32.0 Å². The molecule has 17 heavy (non-hydrogen) atoms. The van der Waals surface area contributed by atoms with E-state index in [2.05, 4.69) is 24.4 Å². The molecule has 0 saturated heterocycles. The van der Waals surface area contributed by atoms with E-state index >= 15 is 0 Å². The zero-order valence-electron chi connectivity index (χ0n) is 10.9. The second-order valence-corrected chi connectivity index (χ2v) is 4.58. The minimum atomic E-state index is -0.455. The SMILES string of the molecule is CC(C)OCC(O)CNC(C)c1ccccc1. The lowest BCUT2D eigenvalue weighted by Gasteiger charge is -2.18. The zero-order chi connectivity index (χ0) is 12.7. The molecule has 0 bridgehead atoms. The van der Waals surface area contributed by atoms with Crippen LogP contribution in [0.3, 0.4) is 0 Å². The van der Waals surface area contributed by atoms with Gasteiger partial charge in [-0.3, -0.25) is 0 Å². The van der Waals surface area contributed by atoms with Crippen molar-refractivity contribution in [3.05, 3.63) is 35.9 Å². The lowest BCUT2D eigenvalue weighted by Crippen LogP contribution is -2.32. The Bertz CT molecular complexity index is 300. The van der Waals surface area contributed by atoms with Gasteiger partial charge in [0.1, 0.15) is 0 Å². The van der Waals surface area contributed by atoms with Crippen LogP contribution >= 0.6 is 0 Å². The third-order valence-electron chi connectivity index (χ3n) is 2.58. The summed E-state index contributed by atoms with van der Waals surface area (Å²) in [6.07, 6.45) is -0.292. The maximum atomic E-state index is 9.71. The maximum absolute atomic E-state index is 9.71. The second-order valence-electron chi connectivity index (χ2n) is 4.58. The van der Waals surface area contributed by atoms with Crippen molar-refractivity contribution in [1.29, 1.82) is 0 Å². The largest absolute Gasteiger partial charge is 0.389 e. The predicted octanol–water partition coefficient (Wildman–Crippen LogP) is 2.12. The number of nitrogens with one attached hydrogen (secondary N) is 1. The summed E-state index contributed by atoms with van der Waals surface area (Å²) in [5.74, 6) is 0. The number of aliphatic hydroxyl groups is 1. The second kappa shape index (κ2) is 7.43. The lowest BCUT2D eigenvalue weighted by molar-refractivity contribution is 0.00560. The molecule has 0 saturated carbocycles. The highest BCUT2D eigenvalue weighted by Crippen LogP contribution is 2.10. The van der Waals surface area contributed by atoms with Gasteiger partial charge in [-0.05, 0) is 26.3 Å². The first-order valence-corrected chi connectivity index (χ1v) is 6.17. The van der Waals surface area contributed by atoms with Crippen LogP contribution in [0.4, 0.5) is 0 Å². The highest BCUT2D eigenvalue weighted by molar-refractivity contribution is 5.17. The molecule has 2 unspecified atom stereocenters. The molecule has 1 aromatic carbocycles. The molecule has 2 N–H and O–H groups in total. The van der Waals surface area contributed by atoms with Gasteiger partial charge < -0.3 is 15.2 Å². The smallest absolute Gasteiger partial charge is 0.0898 e. The molecule has 2 atom stereocenters. The van der Waals surface area contributed by atoms with Crippen LogP contribution in [0.5, 0.6) is 0 Å². The topological polar surface area (TPSA) is 41.5 Å². The molecule has 0 aliphatic rings. The summed E-state index contributed by atoms with van der Waals surface area (Å²) in [4.78, 5) is 0. The van der Waals surface area contributed by atoms with Crippen molar-refractivity contribution < 1.29 is 9.84 Å². The van der Waals surface area contributed by atoms with Crippen LogP contribution in [0.2, 0.25) is 0 Å². The first kappa shape index (κ1) is 14.2. The summed E-state index contributed by atoms with van der Waals surface area (Å²) in [6.45, 7) is 6.94. The Morgan fingerprint density at radius 2 is 1.82 bits per heavy atom. The van der Waals surface area contributed by atoms with Gasteiger partial charge in [0, 0.05) is 12.6 Å². The summed E-state index contributed by atoms with van der Waals surface area (Å²) in [7, 11) is 0. The molecule has 0 fully saturated rings. The van der Waals surface area contributed by atoms with Crippen molar-refractivity contribution in [3.63, 3.8) is 0 Å². The fraction of sp³-hybridized carbons (Fsp3) is 0.571. The molecule has 0 spiro atoms. The van der Waals surface area contributed by atoms with E-state index in [0.29, 0.717) is 13.2 Å². The molecule has 0 aromatic heterocycles. The molecule has 96 valence electrons. The van der Waals surface area contributed by atoms with Crippen LogP contribution in [-0.4, -0.2) is 30.5 Å². The first-order chi connectivity index (χ1) is 8.09. The summed E-state index contributed by atoms with van der Waals surface area (Å²) >= 11 is 0. The van der Waals surface area contributed by atoms with E-state index in [-0.39, 0.29) is 12.1 Å². The van der Waals surface area contributed by atoms with E-state index in [9.17, 15) is 5.11 Å². The monoisotopic (exact) mass is 237 g/mol. The average molecular weight is 237 g/mol. The van der Waals surface area contributed by atoms with E-state index in [4.69, 9.17) is 4.74 Å². The van der Waals surface area contributed by atoms with Crippen molar-refractivity contribution in [3.8, 4) is 0 Å². The number of rotatable bonds is 7. The van der Waals surface area contributed by atoms with Crippen LogP contribution < -0.4 is 5.32 Å². The number of aliphatic hydroxyl groups excluding tert-OH is 1. The van der Waals surface area contributed by atoms with Gasteiger partial charge in [-0.2, -0.15) is 0 Å². The van der Waals surface area contributed by atoms with Gasteiger partial charge in [-0.25, -0.2) is 0 Å². The Balaban J connectivity index is 2.26. The molecule has 1 aromatic rings. The van der Waals surface area contributed by atoms with E-state index in [1.54, 1.807) is 0 Å². The van der Waals surface area contributed by atoms with Gasteiger partial charge in [0.15, 0.2) is 0 Å². The Morgan fingerprint density at radius 1 is 1.18 bits per heavy atom. The van der Waals surface area contributed by atoms with Gasteiger partial charge in [-0.15, -0.1) is 0 Å². The minimum Gasteiger partial charge on any atom is -0.389 e. The van der Waals surface area contributed by atoms with Gasteiger partial charge in [0.25, 0.3) is 0 Å². The quantitative estimate of drug-likeness (QED) is 0.763. The summed E-state index contributed by atoms with van der Waals surface area (Å²) in [5.41, 5.74) is 1.23. The van der Waals surface area contributed by atoms with Crippen LogP contribution in [0.15, 0.2) is 30.3 Å². The van der Waals surface area contributed by atoms with Gasteiger partial charge in [-0.1, -0.05) is 30.3 Å². The highest BCUT2D eigenvalue weighted by Gasteiger charge is 2.09. The van der Waals surface area contributed by atoms with E-state index in [1.165, 1.54) is 5.56 Å². The highest BCUT2D eigenvalue weighted by atomic mass is 16.5. The van der Waals surface area contributed by atoms with Crippen LogP contribution in [0.1, 0.15) is 32.4 Å². The molecule has 3 nitrogen and oxygen atoms in total. The summed E-state index contributed by atoms with van der Waals surface area (Å²) in [6, 6.07) is 10.4.